The number of hydrogen-bond acceptors (Lipinski definition) is 8. The number of carbonyl (C=O) groups excluding carboxylic acids is 1. The van der Waals surface area contributed by atoms with Gasteiger partial charge in [-0.2, -0.15) is 8.42 Å². The number of ether oxygens (including phenoxy) is 2. The topological polar surface area (TPSA) is 117 Å². The number of nitrogens with one attached hydrogen (secondary N) is 1. The zero-order chi connectivity index (χ0) is 25.9. The van der Waals surface area contributed by atoms with Crippen molar-refractivity contribution in [2.75, 3.05) is 19.2 Å². The molecule has 194 valence electrons. The van der Waals surface area contributed by atoms with Crippen LogP contribution in [0.5, 0.6) is 0 Å². The Labute approximate surface area is 244 Å². The van der Waals surface area contributed by atoms with Gasteiger partial charge in [0.05, 0.1) is 17.6 Å². The van der Waals surface area contributed by atoms with Gasteiger partial charge in [0, 0.05) is 12.7 Å². The first-order valence-electron chi connectivity index (χ1n) is 12.2. The number of amidine groups is 1. The van der Waals surface area contributed by atoms with Crippen molar-refractivity contribution in [2.45, 2.75) is 69.3 Å². The minimum Gasteiger partial charge on any atom is -0.871 e. The van der Waals surface area contributed by atoms with Gasteiger partial charge in [0.15, 0.2) is 11.6 Å². The molecule has 0 bridgehead atoms. The van der Waals surface area contributed by atoms with E-state index in [-0.39, 0.29) is 65.0 Å². The van der Waals surface area contributed by atoms with Gasteiger partial charge in [-0.25, -0.2) is 0 Å². The normalized spacial score (nSPS) is 17.4. The second-order valence-corrected chi connectivity index (χ2v) is 11.5. The molecule has 0 radical (unpaired) electrons. The van der Waals surface area contributed by atoms with Crippen LogP contribution >= 0.6 is 11.3 Å². The Morgan fingerprint density at radius 1 is 1.14 bits per heavy atom. The number of anilines is 1. The number of unbranched alkanes of at least 4 members (excludes halogenated alkanes) is 2. The van der Waals surface area contributed by atoms with E-state index < -0.39 is 21.2 Å². The number of nitrogens with zero attached hydrogens (tertiary/aromatic N) is 1. The molecule has 1 N–H and O–H groups in total. The standard InChI is InChI=1S/C26H32N2O6S2.Na/c1-4-6-12-26(13-7-5-2)19-11-9-8-10-18(19)21(29)20(23(26)30)24-27-25-22(36(31,32)28-24)17(15-35-25)14-34-16-33-3;/h8-11,15,29H,4-7,12-14,16H2,1-3H3,(H,27,28);/q;+1/p-1. The number of ketones is 1. The molecule has 0 saturated carbocycles. The molecule has 2 heterocycles. The Morgan fingerprint density at radius 3 is 2.46 bits per heavy atom. The van der Waals surface area contributed by atoms with Gasteiger partial charge in [-0.05, 0) is 29.3 Å². The van der Waals surface area contributed by atoms with Gasteiger partial charge in [-0.1, -0.05) is 69.6 Å². The van der Waals surface area contributed by atoms with Crippen LogP contribution in [-0.2, 0) is 36.3 Å². The summed E-state index contributed by atoms with van der Waals surface area (Å²) in [6.07, 6.45) is 4.58. The van der Waals surface area contributed by atoms with E-state index in [1.165, 1.54) is 18.4 Å². The Hall–Kier alpha value is -1.53. The van der Waals surface area contributed by atoms with Gasteiger partial charge in [0.25, 0.3) is 10.0 Å². The van der Waals surface area contributed by atoms with Crippen LogP contribution < -0.4 is 40.0 Å². The zero-order valence-electron chi connectivity index (χ0n) is 21.8. The van der Waals surface area contributed by atoms with Crippen molar-refractivity contribution in [2.24, 2.45) is 4.40 Å². The maximum absolute atomic E-state index is 14.2. The summed E-state index contributed by atoms with van der Waals surface area (Å²) in [6.45, 7) is 4.18. The van der Waals surface area contributed by atoms with Crippen LogP contribution in [0.3, 0.4) is 0 Å². The molecule has 1 aromatic carbocycles. The molecule has 0 unspecified atom stereocenters. The maximum atomic E-state index is 14.2. The predicted octanol–water partition coefficient (Wildman–Crippen LogP) is 1.36. The van der Waals surface area contributed by atoms with Crippen LogP contribution in [0.2, 0.25) is 0 Å². The zero-order valence-corrected chi connectivity index (χ0v) is 25.4. The molecule has 0 fully saturated rings. The van der Waals surface area contributed by atoms with E-state index in [0.717, 1.165) is 31.2 Å². The van der Waals surface area contributed by atoms with E-state index in [2.05, 4.69) is 23.6 Å². The SMILES string of the molecule is CCCCC1(CCCC)C(=O)C(C2=NS(=O)(=O)c3c(COCOC)csc3N2)=C([O-])c2ccccc21.[Na+]. The minimum absolute atomic E-state index is 0. The first-order chi connectivity index (χ1) is 17.3. The van der Waals surface area contributed by atoms with Gasteiger partial charge in [-0.15, -0.1) is 15.7 Å². The molecule has 4 rings (SSSR count). The van der Waals surface area contributed by atoms with Crippen molar-refractivity contribution in [3.05, 3.63) is 51.9 Å². The van der Waals surface area contributed by atoms with Crippen LogP contribution in [0.25, 0.3) is 5.76 Å². The maximum Gasteiger partial charge on any atom is 1.00 e. The third-order valence-electron chi connectivity index (χ3n) is 6.70. The fourth-order valence-corrected chi connectivity index (χ4v) is 7.56. The molecule has 2 aliphatic rings. The van der Waals surface area contributed by atoms with E-state index in [4.69, 9.17) is 9.47 Å². The molecule has 0 atom stereocenters. The van der Waals surface area contributed by atoms with Crippen molar-refractivity contribution in [1.82, 2.24) is 0 Å². The summed E-state index contributed by atoms with van der Waals surface area (Å²) in [5, 5.41) is 18.6. The average Bonchev–Trinajstić information content (AvgIpc) is 3.28. The first kappa shape index (κ1) is 30.0. The molecule has 2 aromatic rings. The van der Waals surface area contributed by atoms with E-state index >= 15 is 0 Å². The third kappa shape index (κ3) is 5.61. The smallest absolute Gasteiger partial charge is 0.871 e. The number of thiophene rings is 1. The fourth-order valence-electron chi connectivity index (χ4n) is 4.98. The van der Waals surface area contributed by atoms with E-state index in [1.54, 1.807) is 17.5 Å². The van der Waals surface area contributed by atoms with Crippen LogP contribution in [0.15, 0.2) is 44.5 Å². The van der Waals surface area contributed by atoms with Gasteiger partial charge < -0.3 is 19.9 Å². The van der Waals surface area contributed by atoms with E-state index in [0.29, 0.717) is 29.0 Å². The van der Waals surface area contributed by atoms with Crippen molar-refractivity contribution in [1.29, 1.82) is 0 Å². The Morgan fingerprint density at radius 2 is 1.81 bits per heavy atom. The number of hydrogen-bond donors (Lipinski definition) is 1. The van der Waals surface area contributed by atoms with Gasteiger partial charge >= 0.3 is 29.6 Å². The summed E-state index contributed by atoms with van der Waals surface area (Å²) >= 11 is 1.17. The number of benzene rings is 1. The Balaban J connectivity index is 0.00000380. The molecule has 1 aliphatic heterocycles. The number of methoxy groups -OCH3 is 1. The van der Waals surface area contributed by atoms with Crippen molar-refractivity contribution in [3.63, 3.8) is 0 Å². The van der Waals surface area contributed by atoms with E-state index in [1.807, 2.05) is 12.1 Å². The summed E-state index contributed by atoms with van der Waals surface area (Å²) in [5.74, 6) is -1.04. The molecule has 37 heavy (non-hydrogen) atoms. The van der Waals surface area contributed by atoms with Gasteiger partial charge in [0.1, 0.15) is 16.7 Å². The monoisotopic (exact) mass is 554 g/mol. The summed E-state index contributed by atoms with van der Waals surface area (Å²) in [4.78, 5) is 14.2. The third-order valence-corrected chi connectivity index (χ3v) is 9.18. The molecule has 0 spiro atoms. The molecule has 11 heteroatoms. The molecular weight excluding hydrogens is 523 g/mol. The number of rotatable bonds is 11. The first-order valence-corrected chi connectivity index (χ1v) is 14.5. The Bertz CT molecular complexity index is 1310. The molecule has 0 amide bonds. The Kier molecular flexibility index (Phi) is 10.2. The van der Waals surface area contributed by atoms with Crippen molar-refractivity contribution >= 4 is 43.7 Å². The van der Waals surface area contributed by atoms with Crippen LogP contribution in [0.1, 0.15) is 69.1 Å². The minimum atomic E-state index is -4.17. The molecule has 1 aliphatic carbocycles. The number of sulfonamides is 1. The number of carbonyl (C=O) groups is 1. The number of fused-ring (bicyclic) bond motifs is 2. The second-order valence-electron chi connectivity index (χ2n) is 9.08. The number of Topliss-reactive ketones (excluding diaryl/α,β-unsaturated/α-hetero) is 1. The summed E-state index contributed by atoms with van der Waals surface area (Å²) in [6, 6.07) is 7.20. The summed E-state index contributed by atoms with van der Waals surface area (Å²) < 4.78 is 40.7. The molecular formula is C26H31N2NaO6S2. The van der Waals surface area contributed by atoms with Gasteiger partial charge in [-0.3, -0.25) is 4.79 Å². The molecule has 1 aromatic heterocycles. The van der Waals surface area contributed by atoms with Crippen LogP contribution in [0, 0.1) is 0 Å². The van der Waals surface area contributed by atoms with E-state index in [9.17, 15) is 18.3 Å². The van der Waals surface area contributed by atoms with Gasteiger partial charge in [0.2, 0.25) is 0 Å². The van der Waals surface area contributed by atoms with Crippen molar-refractivity contribution < 1.29 is 57.3 Å². The fraction of sp³-hybridized carbons (Fsp3) is 0.462. The summed E-state index contributed by atoms with van der Waals surface area (Å²) in [7, 11) is -2.69. The largest absolute Gasteiger partial charge is 1.00 e. The van der Waals surface area contributed by atoms with Crippen molar-refractivity contribution in [3.8, 4) is 0 Å². The quantitative estimate of drug-likeness (QED) is 0.253. The van der Waals surface area contributed by atoms with Crippen LogP contribution in [-0.4, -0.2) is 33.9 Å². The molecule has 0 saturated heterocycles. The van der Waals surface area contributed by atoms with Crippen LogP contribution in [0.4, 0.5) is 5.00 Å². The average molecular weight is 555 g/mol. The summed E-state index contributed by atoms with van der Waals surface area (Å²) in [5.41, 5.74) is 0.542. The second kappa shape index (κ2) is 12.5. The predicted molar refractivity (Wildman–Crippen MR) is 138 cm³/mol. The molecule has 8 nitrogen and oxygen atoms in total.